The van der Waals surface area contributed by atoms with Crippen molar-refractivity contribution in [2.75, 3.05) is 5.73 Å². The predicted octanol–water partition coefficient (Wildman–Crippen LogP) is 3.25. The molecule has 0 atom stereocenters. The Kier molecular flexibility index (Phi) is 3.39. The maximum absolute atomic E-state index is 9.18. The average molecular weight is 253 g/mol. The normalized spacial score (nSPS) is 10.0. The molecular formula is C15H15N3O. The summed E-state index contributed by atoms with van der Waals surface area (Å²) in [5, 5.41) is 9.18. The van der Waals surface area contributed by atoms with Gasteiger partial charge in [-0.1, -0.05) is 6.07 Å². The molecule has 0 amide bonds. The van der Waals surface area contributed by atoms with Crippen molar-refractivity contribution in [1.29, 1.82) is 5.26 Å². The van der Waals surface area contributed by atoms with Gasteiger partial charge in [-0.3, -0.25) is 0 Å². The first-order chi connectivity index (χ1) is 9.01. The molecule has 4 heteroatoms. The second-order valence-electron chi connectivity index (χ2n) is 4.52. The number of nitrogens with two attached hydrogens (primary N) is 1. The van der Waals surface area contributed by atoms with Gasteiger partial charge in [-0.2, -0.15) is 5.26 Å². The first-order valence-corrected chi connectivity index (χ1v) is 5.93. The van der Waals surface area contributed by atoms with Crippen LogP contribution in [0.15, 0.2) is 24.3 Å². The lowest BCUT2D eigenvalue weighted by molar-refractivity contribution is 0.461. The molecule has 96 valence electrons. The third-order valence-corrected chi connectivity index (χ3v) is 2.80. The number of aryl methyl sites for hydroxylation is 3. The first kappa shape index (κ1) is 12.9. The van der Waals surface area contributed by atoms with Crippen molar-refractivity contribution in [2.45, 2.75) is 20.8 Å². The van der Waals surface area contributed by atoms with Crippen molar-refractivity contribution in [1.82, 2.24) is 4.98 Å². The molecule has 0 radical (unpaired) electrons. The second kappa shape index (κ2) is 4.99. The van der Waals surface area contributed by atoms with Gasteiger partial charge in [-0.15, -0.1) is 0 Å². The average Bonchev–Trinajstić information content (AvgIpc) is 2.32. The number of hydrogen-bond acceptors (Lipinski definition) is 4. The fraction of sp³-hybridized carbons (Fsp3) is 0.200. The number of rotatable bonds is 2. The summed E-state index contributed by atoms with van der Waals surface area (Å²) in [6.45, 7) is 5.67. The predicted molar refractivity (Wildman–Crippen MR) is 74.1 cm³/mol. The van der Waals surface area contributed by atoms with Gasteiger partial charge in [-0.05, 0) is 50.1 Å². The van der Waals surface area contributed by atoms with Crippen molar-refractivity contribution in [3.8, 4) is 17.7 Å². The van der Waals surface area contributed by atoms with E-state index in [9.17, 15) is 5.26 Å². The van der Waals surface area contributed by atoms with Crippen LogP contribution >= 0.6 is 0 Å². The van der Waals surface area contributed by atoms with E-state index in [2.05, 4.69) is 11.1 Å². The molecule has 0 spiro atoms. The summed E-state index contributed by atoms with van der Waals surface area (Å²) in [4.78, 5) is 4.26. The van der Waals surface area contributed by atoms with E-state index in [4.69, 9.17) is 10.5 Å². The first-order valence-electron chi connectivity index (χ1n) is 5.93. The number of aromatic nitrogens is 1. The smallest absolute Gasteiger partial charge is 0.237 e. The fourth-order valence-corrected chi connectivity index (χ4v) is 1.88. The number of pyridine rings is 1. The van der Waals surface area contributed by atoms with Crippen LogP contribution in [-0.4, -0.2) is 4.98 Å². The summed E-state index contributed by atoms with van der Waals surface area (Å²) in [5.41, 5.74) is 9.57. The lowest BCUT2D eigenvalue weighted by Gasteiger charge is -2.11. The second-order valence-corrected chi connectivity index (χ2v) is 4.52. The minimum atomic E-state index is 0.301. The quantitative estimate of drug-likeness (QED) is 0.834. The van der Waals surface area contributed by atoms with Gasteiger partial charge in [0.05, 0.1) is 5.69 Å². The minimum absolute atomic E-state index is 0.301. The van der Waals surface area contributed by atoms with Crippen LogP contribution in [-0.2, 0) is 0 Å². The van der Waals surface area contributed by atoms with Crippen LogP contribution in [0.2, 0.25) is 0 Å². The van der Waals surface area contributed by atoms with E-state index in [1.54, 1.807) is 6.07 Å². The molecule has 2 rings (SSSR count). The number of nitrogen functional groups attached to an aromatic ring is 1. The van der Waals surface area contributed by atoms with Crippen molar-refractivity contribution in [3.63, 3.8) is 0 Å². The van der Waals surface area contributed by atoms with Crippen molar-refractivity contribution >= 4 is 5.69 Å². The van der Waals surface area contributed by atoms with E-state index < -0.39 is 0 Å². The molecule has 0 saturated heterocycles. The van der Waals surface area contributed by atoms with Gasteiger partial charge in [-0.25, -0.2) is 4.98 Å². The molecule has 0 fully saturated rings. The largest absolute Gasteiger partial charge is 0.435 e. The molecule has 0 bridgehead atoms. The number of hydrogen-bond donors (Lipinski definition) is 1. The molecule has 0 aliphatic carbocycles. The van der Waals surface area contributed by atoms with Gasteiger partial charge in [0.2, 0.25) is 5.88 Å². The van der Waals surface area contributed by atoms with E-state index in [1.807, 2.05) is 39.0 Å². The highest BCUT2D eigenvalue weighted by Crippen LogP contribution is 2.30. The van der Waals surface area contributed by atoms with E-state index in [1.165, 1.54) is 0 Å². The molecule has 19 heavy (non-hydrogen) atoms. The highest BCUT2D eigenvalue weighted by atomic mass is 16.5. The van der Waals surface area contributed by atoms with Gasteiger partial charge < -0.3 is 10.5 Å². The highest BCUT2D eigenvalue weighted by Gasteiger charge is 2.12. The Labute approximate surface area is 112 Å². The molecule has 1 heterocycles. The molecular weight excluding hydrogens is 238 g/mol. The van der Waals surface area contributed by atoms with Crippen molar-refractivity contribution in [3.05, 3.63) is 46.6 Å². The maximum atomic E-state index is 9.18. The van der Waals surface area contributed by atoms with E-state index >= 15 is 0 Å². The van der Waals surface area contributed by atoms with Crippen LogP contribution in [0.4, 0.5) is 5.69 Å². The van der Waals surface area contributed by atoms with Crippen LogP contribution in [0, 0.1) is 32.1 Å². The summed E-state index contributed by atoms with van der Waals surface area (Å²) < 4.78 is 5.69. The van der Waals surface area contributed by atoms with Crippen LogP contribution in [0.5, 0.6) is 11.6 Å². The van der Waals surface area contributed by atoms with Crippen LogP contribution in [0.25, 0.3) is 0 Å². The Morgan fingerprint density at radius 2 is 1.95 bits per heavy atom. The molecule has 1 aromatic carbocycles. The minimum Gasteiger partial charge on any atom is -0.435 e. The summed E-state index contributed by atoms with van der Waals surface area (Å²) in [7, 11) is 0. The van der Waals surface area contributed by atoms with Gasteiger partial charge in [0, 0.05) is 5.69 Å². The Morgan fingerprint density at radius 1 is 1.21 bits per heavy atom. The summed E-state index contributed by atoms with van der Waals surface area (Å²) in [6, 6.07) is 9.47. The third-order valence-electron chi connectivity index (χ3n) is 2.80. The molecule has 2 N–H and O–H groups in total. The highest BCUT2D eigenvalue weighted by molar-refractivity contribution is 5.56. The molecule has 4 nitrogen and oxygen atoms in total. The van der Waals surface area contributed by atoms with Gasteiger partial charge in [0.1, 0.15) is 11.6 Å². The van der Waals surface area contributed by atoms with Gasteiger partial charge in [0.25, 0.3) is 0 Å². The molecule has 0 unspecified atom stereocenters. The Morgan fingerprint density at radius 3 is 2.58 bits per heavy atom. The number of ether oxygens (including phenoxy) is 1. The van der Waals surface area contributed by atoms with E-state index in [0.29, 0.717) is 22.9 Å². The van der Waals surface area contributed by atoms with Gasteiger partial charge >= 0.3 is 0 Å². The molecule has 0 aliphatic heterocycles. The monoisotopic (exact) mass is 253 g/mol. The Bertz CT molecular complexity index is 672. The van der Waals surface area contributed by atoms with Gasteiger partial charge in [0.15, 0.2) is 5.75 Å². The standard InChI is InChI=1S/C15H15N3O/c1-9-4-5-14(13(17)6-9)19-15-12(8-16)10(2)7-11(3)18-15/h4-7H,17H2,1-3H3. The maximum Gasteiger partial charge on any atom is 0.237 e. The molecule has 2 aromatic rings. The number of nitriles is 1. The molecule has 1 aromatic heterocycles. The Hall–Kier alpha value is -2.54. The van der Waals surface area contributed by atoms with Crippen LogP contribution in [0.1, 0.15) is 22.4 Å². The van der Waals surface area contributed by atoms with E-state index in [0.717, 1.165) is 16.8 Å². The number of benzene rings is 1. The van der Waals surface area contributed by atoms with Crippen molar-refractivity contribution in [2.24, 2.45) is 0 Å². The SMILES string of the molecule is Cc1ccc(Oc2nc(C)cc(C)c2C#N)c(N)c1. The fourth-order valence-electron chi connectivity index (χ4n) is 1.88. The summed E-state index contributed by atoms with van der Waals surface area (Å²) in [6.07, 6.45) is 0. The number of anilines is 1. The van der Waals surface area contributed by atoms with E-state index in [-0.39, 0.29) is 0 Å². The molecule has 0 aliphatic rings. The zero-order chi connectivity index (χ0) is 14.0. The van der Waals surface area contributed by atoms with Crippen LogP contribution in [0.3, 0.4) is 0 Å². The van der Waals surface area contributed by atoms with Crippen LogP contribution < -0.4 is 10.5 Å². The Balaban J connectivity index is 2.46. The van der Waals surface area contributed by atoms with Crippen molar-refractivity contribution < 1.29 is 4.74 Å². The zero-order valence-electron chi connectivity index (χ0n) is 11.2. The summed E-state index contributed by atoms with van der Waals surface area (Å²) >= 11 is 0. The third kappa shape index (κ3) is 2.66. The number of nitrogens with zero attached hydrogens (tertiary/aromatic N) is 2. The topological polar surface area (TPSA) is 71.9 Å². The lowest BCUT2D eigenvalue weighted by atomic mass is 10.1. The zero-order valence-corrected chi connectivity index (χ0v) is 11.2. The summed E-state index contributed by atoms with van der Waals surface area (Å²) in [5.74, 6) is 0.815. The molecule has 0 saturated carbocycles. The lowest BCUT2D eigenvalue weighted by Crippen LogP contribution is -1.99.